The van der Waals surface area contributed by atoms with Gasteiger partial charge in [0, 0.05) is 19.3 Å². The number of hydrogen-bond acceptors (Lipinski definition) is 7. The number of carboxylic acids is 1. The SMILES string of the molecule is CC/C=C/C/C=C/C/C=C/C/C=C/CCCCCCCCCCCC(=O)OC(COCCC(C(=O)[O-])[N+](C)(C)C)COC(=O)CCCCCCCCCCC. The summed E-state index contributed by atoms with van der Waals surface area (Å²) in [6.07, 6.45) is 44.2. The molecule has 0 heterocycles. The van der Waals surface area contributed by atoms with Gasteiger partial charge in [0.15, 0.2) is 6.10 Å². The number of hydrogen-bond donors (Lipinski definition) is 0. The highest BCUT2D eigenvalue weighted by Gasteiger charge is 2.25. The van der Waals surface area contributed by atoms with Crippen molar-refractivity contribution in [1.82, 2.24) is 0 Å². The lowest BCUT2D eigenvalue weighted by molar-refractivity contribution is -0.889. The van der Waals surface area contributed by atoms with Crippen molar-refractivity contribution in [3.05, 3.63) is 48.6 Å². The Hall–Kier alpha value is -2.71. The second-order valence-electron chi connectivity index (χ2n) is 15.9. The minimum atomic E-state index is -1.13. The maximum Gasteiger partial charge on any atom is 0.306 e. The van der Waals surface area contributed by atoms with Gasteiger partial charge in [-0.3, -0.25) is 9.59 Å². The summed E-state index contributed by atoms with van der Waals surface area (Å²) >= 11 is 0. The molecule has 2 atom stereocenters. The highest BCUT2D eigenvalue weighted by atomic mass is 16.6. The minimum absolute atomic E-state index is 0.0391. The molecular weight excluding hydrogens is 691 g/mol. The number of likely N-dealkylation sites (N-methyl/N-ethyl adjacent to an activating group) is 1. The lowest BCUT2D eigenvalue weighted by Crippen LogP contribution is -2.55. The normalized spacial score (nSPS) is 13.4. The van der Waals surface area contributed by atoms with Gasteiger partial charge in [-0.1, -0.05) is 159 Å². The maximum absolute atomic E-state index is 12.7. The zero-order chi connectivity index (χ0) is 40.7. The molecule has 0 aliphatic rings. The van der Waals surface area contributed by atoms with Crippen molar-refractivity contribution in [2.75, 3.05) is 41.0 Å². The van der Waals surface area contributed by atoms with Crippen molar-refractivity contribution in [2.45, 2.75) is 193 Å². The molecule has 0 radical (unpaired) electrons. The summed E-state index contributed by atoms with van der Waals surface area (Å²) in [5.41, 5.74) is 0. The van der Waals surface area contributed by atoms with Crippen LogP contribution in [-0.4, -0.2) is 75.5 Å². The first-order valence-corrected chi connectivity index (χ1v) is 22.2. The van der Waals surface area contributed by atoms with E-state index in [1.54, 1.807) is 21.1 Å². The van der Waals surface area contributed by atoms with E-state index in [0.29, 0.717) is 12.8 Å². The largest absolute Gasteiger partial charge is 0.544 e. The van der Waals surface area contributed by atoms with Gasteiger partial charge in [0.1, 0.15) is 12.6 Å². The van der Waals surface area contributed by atoms with Crippen LogP contribution in [0.2, 0.25) is 0 Å². The Balaban J connectivity index is 4.25. The van der Waals surface area contributed by atoms with Gasteiger partial charge in [-0.25, -0.2) is 0 Å². The van der Waals surface area contributed by atoms with Crippen molar-refractivity contribution in [2.24, 2.45) is 0 Å². The van der Waals surface area contributed by atoms with Gasteiger partial charge < -0.3 is 28.6 Å². The van der Waals surface area contributed by atoms with E-state index in [1.165, 1.54) is 77.0 Å². The van der Waals surface area contributed by atoms with Gasteiger partial charge in [0.05, 0.1) is 40.3 Å². The van der Waals surface area contributed by atoms with Gasteiger partial charge >= 0.3 is 11.9 Å². The van der Waals surface area contributed by atoms with E-state index in [4.69, 9.17) is 14.2 Å². The summed E-state index contributed by atoms with van der Waals surface area (Å²) in [5, 5.41) is 11.6. The fraction of sp³-hybridized carbons (Fsp3) is 0.766. The molecule has 0 rings (SSSR count). The molecule has 0 fully saturated rings. The molecule has 0 saturated carbocycles. The molecule has 0 amide bonds. The number of carbonyl (C=O) groups excluding carboxylic acids is 3. The molecular formula is C47H83NO7. The van der Waals surface area contributed by atoms with E-state index in [9.17, 15) is 19.5 Å². The van der Waals surface area contributed by atoms with Crippen LogP contribution in [0.1, 0.15) is 181 Å². The van der Waals surface area contributed by atoms with Crippen LogP contribution >= 0.6 is 0 Å². The van der Waals surface area contributed by atoms with E-state index < -0.39 is 18.1 Å². The molecule has 0 bridgehead atoms. The van der Waals surface area contributed by atoms with Crippen LogP contribution < -0.4 is 5.11 Å². The summed E-state index contributed by atoms with van der Waals surface area (Å²) < 4.78 is 17.1. The summed E-state index contributed by atoms with van der Waals surface area (Å²) in [4.78, 5) is 36.7. The molecule has 55 heavy (non-hydrogen) atoms. The molecule has 0 saturated heterocycles. The predicted octanol–water partition coefficient (Wildman–Crippen LogP) is 10.7. The number of ether oxygens (including phenoxy) is 3. The molecule has 0 aliphatic heterocycles. The third kappa shape index (κ3) is 36.7. The molecule has 0 N–H and O–H groups in total. The number of nitrogens with zero attached hydrogens (tertiary/aromatic N) is 1. The Morgan fingerprint density at radius 1 is 0.564 bits per heavy atom. The van der Waals surface area contributed by atoms with Gasteiger partial charge in [-0.15, -0.1) is 0 Å². The Bertz CT molecular complexity index is 1040. The number of carboxylic acid groups (broad SMARTS) is 1. The minimum Gasteiger partial charge on any atom is -0.544 e. The van der Waals surface area contributed by atoms with E-state index >= 15 is 0 Å². The van der Waals surface area contributed by atoms with Crippen LogP contribution in [0.4, 0.5) is 0 Å². The molecule has 8 nitrogen and oxygen atoms in total. The average molecular weight is 774 g/mol. The first kappa shape index (κ1) is 52.3. The smallest absolute Gasteiger partial charge is 0.306 e. The maximum atomic E-state index is 12.7. The molecule has 2 unspecified atom stereocenters. The highest BCUT2D eigenvalue weighted by Crippen LogP contribution is 2.14. The average Bonchev–Trinajstić information content (AvgIpc) is 3.14. The van der Waals surface area contributed by atoms with Gasteiger partial charge in [-0.05, 0) is 51.4 Å². The van der Waals surface area contributed by atoms with Crippen molar-refractivity contribution >= 4 is 17.9 Å². The summed E-state index contributed by atoms with van der Waals surface area (Å²) in [7, 11) is 5.40. The zero-order valence-electron chi connectivity index (χ0n) is 36.1. The number of aliphatic carboxylic acids is 1. The molecule has 0 aliphatic carbocycles. The van der Waals surface area contributed by atoms with Crippen LogP contribution in [0, 0.1) is 0 Å². The lowest BCUT2D eigenvalue weighted by atomic mass is 10.1. The fourth-order valence-electron chi connectivity index (χ4n) is 6.30. The number of allylic oxidation sites excluding steroid dienone is 8. The second-order valence-corrected chi connectivity index (χ2v) is 15.9. The summed E-state index contributed by atoms with van der Waals surface area (Å²) in [6, 6.07) is -0.725. The van der Waals surface area contributed by atoms with Crippen LogP contribution in [0.25, 0.3) is 0 Å². The Morgan fingerprint density at radius 3 is 1.51 bits per heavy atom. The summed E-state index contributed by atoms with van der Waals surface area (Å²) in [5.74, 6) is -1.74. The Morgan fingerprint density at radius 2 is 1.02 bits per heavy atom. The molecule has 0 aromatic rings. The molecule has 8 heteroatoms. The molecule has 0 aromatic carbocycles. The van der Waals surface area contributed by atoms with E-state index in [2.05, 4.69) is 62.5 Å². The molecule has 0 spiro atoms. The van der Waals surface area contributed by atoms with Gasteiger partial charge in [-0.2, -0.15) is 0 Å². The Labute approximate surface area is 337 Å². The molecule has 318 valence electrons. The first-order valence-electron chi connectivity index (χ1n) is 22.2. The highest BCUT2D eigenvalue weighted by molar-refractivity contribution is 5.70. The topological polar surface area (TPSA) is 102 Å². The van der Waals surface area contributed by atoms with Crippen LogP contribution in [0.3, 0.4) is 0 Å². The van der Waals surface area contributed by atoms with Gasteiger partial charge in [0.2, 0.25) is 0 Å². The monoisotopic (exact) mass is 774 g/mol. The van der Waals surface area contributed by atoms with Crippen molar-refractivity contribution < 1.29 is 38.2 Å². The number of unbranched alkanes of at least 4 members (excludes halogenated alkanes) is 17. The number of rotatable bonds is 39. The fourth-order valence-corrected chi connectivity index (χ4v) is 6.30. The quantitative estimate of drug-likeness (QED) is 0.0265. The third-order valence-corrected chi connectivity index (χ3v) is 9.73. The van der Waals surface area contributed by atoms with Crippen molar-refractivity contribution in [3.63, 3.8) is 0 Å². The standard InChI is InChI=1S/C47H83NO7/c1-6-8-10-12-14-16-17-18-19-20-21-22-23-24-25-26-27-28-30-32-34-36-38-46(50)55-43(41-53-40-39-44(47(51)52)48(3,4)5)42-54-45(49)37-35-33-31-29-15-13-11-9-7-2/h8,10,14,16,18-19,21-22,43-44H,6-7,9,11-13,15,17,20,23-42H2,1-5H3/b10-8+,16-14+,19-18+,22-21+. The first-order chi connectivity index (χ1) is 26.6. The third-order valence-electron chi connectivity index (χ3n) is 9.73. The Kier molecular flexibility index (Phi) is 36.3. The van der Waals surface area contributed by atoms with Crippen LogP contribution in [0.15, 0.2) is 48.6 Å². The number of quaternary nitrogens is 1. The summed E-state index contributed by atoms with van der Waals surface area (Å²) in [6.45, 7) is 4.52. The van der Waals surface area contributed by atoms with Crippen molar-refractivity contribution in [1.29, 1.82) is 0 Å². The second kappa shape index (κ2) is 38.2. The zero-order valence-corrected chi connectivity index (χ0v) is 36.1. The van der Waals surface area contributed by atoms with Crippen LogP contribution in [0.5, 0.6) is 0 Å². The molecule has 0 aromatic heterocycles. The van der Waals surface area contributed by atoms with Crippen LogP contribution in [-0.2, 0) is 28.6 Å². The van der Waals surface area contributed by atoms with E-state index in [-0.39, 0.29) is 42.7 Å². The van der Waals surface area contributed by atoms with Gasteiger partial charge in [0.25, 0.3) is 0 Å². The predicted molar refractivity (Wildman–Crippen MR) is 226 cm³/mol. The van der Waals surface area contributed by atoms with Crippen molar-refractivity contribution in [3.8, 4) is 0 Å². The lowest BCUT2D eigenvalue weighted by Gasteiger charge is -2.34. The van der Waals surface area contributed by atoms with E-state index in [1.807, 2.05) is 0 Å². The van der Waals surface area contributed by atoms with E-state index in [0.717, 1.165) is 70.6 Å². The number of carbonyl (C=O) groups is 3. The number of esters is 2.